The van der Waals surface area contributed by atoms with Gasteiger partial charge in [-0.2, -0.15) is 0 Å². The molecule has 1 aliphatic rings. The molecule has 1 saturated heterocycles. The molecule has 1 heterocycles. The molecule has 0 aromatic heterocycles. The number of carboxylic acids is 1. The van der Waals surface area contributed by atoms with E-state index in [1.807, 2.05) is 4.90 Å². The average Bonchev–Trinajstić information content (AvgIpc) is 2.25. The fraction of sp³-hybridized carbons (Fsp3) is 0.875. The van der Waals surface area contributed by atoms with E-state index < -0.39 is 5.97 Å². The highest BCUT2D eigenvalue weighted by Crippen LogP contribution is 2.27. The van der Waals surface area contributed by atoms with Crippen LogP contribution < -0.4 is 0 Å². The molecule has 0 aliphatic carbocycles. The lowest BCUT2D eigenvalue weighted by Crippen LogP contribution is -2.41. The van der Waals surface area contributed by atoms with Crippen LogP contribution in [0.5, 0.6) is 0 Å². The molecule has 4 heteroatoms. The number of aliphatic carboxylic acids is 1. The third-order valence-electron chi connectivity index (χ3n) is 3.82. The van der Waals surface area contributed by atoms with E-state index in [1.165, 1.54) is 0 Å². The molecule has 2 atom stereocenters. The van der Waals surface area contributed by atoms with Crippen molar-refractivity contribution in [2.24, 2.45) is 17.3 Å². The molecule has 0 radical (unpaired) electrons. The van der Waals surface area contributed by atoms with Gasteiger partial charge in [-0.05, 0) is 36.5 Å². The van der Waals surface area contributed by atoms with Gasteiger partial charge >= 0.3 is 5.97 Å². The Kier molecular flexibility index (Phi) is 6.03. The molecule has 0 spiro atoms. The second kappa shape index (κ2) is 7.09. The van der Waals surface area contributed by atoms with E-state index in [1.54, 1.807) is 0 Å². The van der Waals surface area contributed by atoms with Crippen LogP contribution in [0.2, 0.25) is 0 Å². The van der Waals surface area contributed by atoms with Crippen molar-refractivity contribution in [3.05, 3.63) is 0 Å². The zero-order valence-electron chi connectivity index (χ0n) is 13.3. The highest BCUT2D eigenvalue weighted by Gasteiger charge is 2.26. The van der Waals surface area contributed by atoms with Gasteiger partial charge in [0.25, 0.3) is 0 Å². The zero-order valence-corrected chi connectivity index (χ0v) is 13.3. The lowest BCUT2D eigenvalue weighted by molar-refractivity contribution is -0.141. The Morgan fingerprint density at radius 1 is 1.35 bits per heavy atom. The minimum absolute atomic E-state index is 0.128. The van der Waals surface area contributed by atoms with Gasteiger partial charge in [-0.1, -0.05) is 27.7 Å². The molecular weight excluding hydrogens is 254 g/mol. The van der Waals surface area contributed by atoms with Crippen LogP contribution in [-0.4, -0.2) is 35.0 Å². The zero-order chi connectivity index (χ0) is 15.3. The van der Waals surface area contributed by atoms with E-state index in [9.17, 15) is 9.59 Å². The smallest absolute Gasteiger partial charge is 0.303 e. The SMILES string of the molecule is CC(CC(=O)N1CCCC(CC(=O)O)C1)CC(C)(C)C. The molecule has 0 aromatic carbocycles. The summed E-state index contributed by atoms with van der Waals surface area (Å²) in [6, 6.07) is 0. The van der Waals surface area contributed by atoms with Crippen LogP contribution in [0.1, 0.15) is 59.8 Å². The normalized spacial score (nSPS) is 21.6. The number of hydrogen-bond acceptors (Lipinski definition) is 2. The second-order valence-corrected chi connectivity index (χ2v) is 7.52. The maximum Gasteiger partial charge on any atom is 0.303 e. The number of amides is 1. The first-order valence-electron chi connectivity index (χ1n) is 7.67. The molecular formula is C16H29NO3. The summed E-state index contributed by atoms with van der Waals surface area (Å²) in [6.45, 7) is 10.1. The van der Waals surface area contributed by atoms with Gasteiger partial charge in [0.15, 0.2) is 0 Å². The monoisotopic (exact) mass is 283 g/mol. The van der Waals surface area contributed by atoms with Crippen LogP contribution in [-0.2, 0) is 9.59 Å². The van der Waals surface area contributed by atoms with Gasteiger partial charge in [0.1, 0.15) is 0 Å². The van der Waals surface area contributed by atoms with Crippen molar-refractivity contribution in [2.75, 3.05) is 13.1 Å². The number of carbonyl (C=O) groups is 2. The number of nitrogens with zero attached hydrogens (tertiary/aromatic N) is 1. The lowest BCUT2D eigenvalue weighted by Gasteiger charge is -2.33. The molecule has 1 aliphatic heterocycles. The minimum atomic E-state index is -0.759. The van der Waals surface area contributed by atoms with Crippen molar-refractivity contribution >= 4 is 11.9 Å². The Morgan fingerprint density at radius 3 is 2.55 bits per heavy atom. The molecule has 1 rings (SSSR count). The topological polar surface area (TPSA) is 57.6 Å². The van der Waals surface area contributed by atoms with Gasteiger partial charge in [0, 0.05) is 25.9 Å². The summed E-state index contributed by atoms with van der Waals surface area (Å²) in [7, 11) is 0. The number of piperidine rings is 1. The summed E-state index contributed by atoms with van der Waals surface area (Å²) in [6.07, 6.45) is 3.65. The summed E-state index contributed by atoms with van der Waals surface area (Å²) < 4.78 is 0. The lowest BCUT2D eigenvalue weighted by atomic mass is 9.84. The molecule has 1 N–H and O–H groups in total. The van der Waals surface area contributed by atoms with Crippen molar-refractivity contribution in [2.45, 2.75) is 59.8 Å². The van der Waals surface area contributed by atoms with Crippen LogP contribution in [0.4, 0.5) is 0 Å². The molecule has 2 unspecified atom stereocenters. The molecule has 1 amide bonds. The molecule has 0 bridgehead atoms. The Bertz CT molecular complexity index is 346. The minimum Gasteiger partial charge on any atom is -0.481 e. The fourth-order valence-corrected chi connectivity index (χ4v) is 3.25. The fourth-order valence-electron chi connectivity index (χ4n) is 3.25. The van der Waals surface area contributed by atoms with Crippen molar-refractivity contribution in [1.29, 1.82) is 0 Å². The Hall–Kier alpha value is -1.06. The second-order valence-electron chi connectivity index (χ2n) is 7.52. The number of hydrogen-bond donors (Lipinski definition) is 1. The van der Waals surface area contributed by atoms with E-state index in [0.717, 1.165) is 25.8 Å². The average molecular weight is 283 g/mol. The summed E-state index contributed by atoms with van der Waals surface area (Å²) in [5, 5.41) is 8.86. The Labute approximate surface area is 122 Å². The van der Waals surface area contributed by atoms with Crippen LogP contribution in [0.3, 0.4) is 0 Å². The van der Waals surface area contributed by atoms with E-state index >= 15 is 0 Å². The highest BCUT2D eigenvalue weighted by atomic mass is 16.4. The first-order valence-corrected chi connectivity index (χ1v) is 7.67. The summed E-state index contributed by atoms with van der Waals surface area (Å²) >= 11 is 0. The highest BCUT2D eigenvalue weighted by molar-refractivity contribution is 5.76. The Balaban J connectivity index is 2.44. The summed E-state index contributed by atoms with van der Waals surface area (Å²) in [5.74, 6) is -0.0623. The number of rotatable bonds is 5. The van der Waals surface area contributed by atoms with Gasteiger partial charge in [0.2, 0.25) is 5.91 Å². The molecule has 4 nitrogen and oxygen atoms in total. The van der Waals surface area contributed by atoms with Gasteiger partial charge in [-0.3, -0.25) is 9.59 Å². The first kappa shape index (κ1) is 17.0. The maximum atomic E-state index is 12.3. The van der Waals surface area contributed by atoms with Crippen molar-refractivity contribution < 1.29 is 14.7 Å². The van der Waals surface area contributed by atoms with Crippen molar-refractivity contribution in [3.8, 4) is 0 Å². The van der Waals surface area contributed by atoms with Crippen LogP contribution in [0, 0.1) is 17.3 Å². The molecule has 116 valence electrons. The predicted molar refractivity (Wildman–Crippen MR) is 79.4 cm³/mol. The third-order valence-corrected chi connectivity index (χ3v) is 3.82. The molecule has 20 heavy (non-hydrogen) atoms. The van der Waals surface area contributed by atoms with Gasteiger partial charge < -0.3 is 10.0 Å². The van der Waals surface area contributed by atoms with Gasteiger partial charge in [0.05, 0.1) is 0 Å². The van der Waals surface area contributed by atoms with Crippen molar-refractivity contribution in [3.63, 3.8) is 0 Å². The first-order chi connectivity index (χ1) is 9.17. The van der Waals surface area contributed by atoms with E-state index in [0.29, 0.717) is 18.9 Å². The third kappa shape index (κ3) is 6.40. The van der Waals surface area contributed by atoms with E-state index in [2.05, 4.69) is 27.7 Å². The molecule has 1 fully saturated rings. The number of likely N-dealkylation sites (tertiary alicyclic amines) is 1. The molecule has 0 aromatic rings. The van der Waals surface area contributed by atoms with E-state index in [4.69, 9.17) is 5.11 Å². The van der Waals surface area contributed by atoms with Crippen molar-refractivity contribution in [1.82, 2.24) is 4.90 Å². The van der Waals surface area contributed by atoms with Crippen LogP contribution in [0.25, 0.3) is 0 Å². The largest absolute Gasteiger partial charge is 0.481 e. The standard InChI is InChI=1S/C16H29NO3/c1-12(10-16(2,3)4)8-14(18)17-7-5-6-13(11-17)9-15(19)20/h12-13H,5-11H2,1-4H3,(H,19,20). The van der Waals surface area contributed by atoms with Gasteiger partial charge in [-0.15, -0.1) is 0 Å². The Morgan fingerprint density at radius 2 is 2.00 bits per heavy atom. The quantitative estimate of drug-likeness (QED) is 0.843. The maximum absolute atomic E-state index is 12.3. The summed E-state index contributed by atoms with van der Waals surface area (Å²) in [5.41, 5.74) is 0.243. The number of carbonyl (C=O) groups excluding carboxylic acids is 1. The van der Waals surface area contributed by atoms with E-state index in [-0.39, 0.29) is 23.7 Å². The van der Waals surface area contributed by atoms with Gasteiger partial charge in [-0.25, -0.2) is 0 Å². The predicted octanol–water partition coefficient (Wildman–Crippen LogP) is 3.16. The molecule has 0 saturated carbocycles. The van der Waals surface area contributed by atoms with Crippen LogP contribution in [0.15, 0.2) is 0 Å². The summed E-state index contributed by atoms with van der Waals surface area (Å²) in [4.78, 5) is 25.0. The van der Waals surface area contributed by atoms with Crippen LogP contribution >= 0.6 is 0 Å². The number of carboxylic acid groups (broad SMARTS) is 1.